The van der Waals surface area contributed by atoms with Gasteiger partial charge in [-0.05, 0) is 63.2 Å². The van der Waals surface area contributed by atoms with Gasteiger partial charge in [-0.3, -0.25) is 14.5 Å². The van der Waals surface area contributed by atoms with Crippen molar-refractivity contribution in [3.05, 3.63) is 57.6 Å². The van der Waals surface area contributed by atoms with E-state index >= 15 is 0 Å². The smallest absolute Gasteiger partial charge is 0.241 e. The molecule has 0 aromatic heterocycles. The molecule has 0 bridgehead atoms. The Morgan fingerprint density at radius 1 is 1.07 bits per heavy atom. The normalized spacial score (nSPS) is 12.0. The van der Waals surface area contributed by atoms with Crippen LogP contribution in [0.5, 0.6) is 0 Å². The minimum Gasteiger partial charge on any atom is -0.325 e. The molecule has 0 aliphatic heterocycles. The van der Waals surface area contributed by atoms with Gasteiger partial charge in [0.1, 0.15) is 0 Å². The lowest BCUT2D eigenvalue weighted by molar-refractivity contribution is -0.122. The molecule has 2 rings (SSSR count). The van der Waals surface area contributed by atoms with Gasteiger partial charge in [-0.2, -0.15) is 0 Å². The van der Waals surface area contributed by atoms with Gasteiger partial charge in [-0.25, -0.2) is 0 Å². The molecule has 27 heavy (non-hydrogen) atoms. The van der Waals surface area contributed by atoms with Crippen molar-refractivity contribution in [2.45, 2.75) is 26.8 Å². The van der Waals surface area contributed by atoms with E-state index < -0.39 is 6.04 Å². The summed E-state index contributed by atoms with van der Waals surface area (Å²) >= 11 is 11.9. The van der Waals surface area contributed by atoms with Crippen LogP contribution in [0.25, 0.3) is 0 Å². The number of hydrogen-bond acceptors (Lipinski definition) is 3. The largest absolute Gasteiger partial charge is 0.325 e. The monoisotopic (exact) mass is 407 g/mol. The Morgan fingerprint density at radius 2 is 1.78 bits per heavy atom. The van der Waals surface area contributed by atoms with Crippen LogP contribution in [0.4, 0.5) is 11.4 Å². The SMILES string of the molecule is Cc1cccc(NC(=O)CN(C)C(C)C(=O)Nc2ccc(Cl)cc2Cl)c1C. The number of carbonyl (C=O) groups excluding carboxylic acids is 2. The van der Waals surface area contributed by atoms with Crippen LogP contribution in [0.3, 0.4) is 0 Å². The van der Waals surface area contributed by atoms with E-state index in [4.69, 9.17) is 23.2 Å². The van der Waals surface area contributed by atoms with Crippen molar-refractivity contribution in [2.24, 2.45) is 0 Å². The average Bonchev–Trinajstić information content (AvgIpc) is 2.60. The second-order valence-corrected chi connectivity index (χ2v) is 7.34. The highest BCUT2D eigenvalue weighted by molar-refractivity contribution is 6.36. The molecule has 2 N–H and O–H groups in total. The van der Waals surface area contributed by atoms with E-state index in [9.17, 15) is 9.59 Å². The van der Waals surface area contributed by atoms with Gasteiger partial charge >= 0.3 is 0 Å². The second kappa shape index (κ2) is 9.22. The average molecular weight is 408 g/mol. The summed E-state index contributed by atoms with van der Waals surface area (Å²) in [6.45, 7) is 5.76. The first-order valence-electron chi connectivity index (χ1n) is 8.51. The van der Waals surface area contributed by atoms with Crippen LogP contribution in [0, 0.1) is 13.8 Å². The fraction of sp³-hybridized carbons (Fsp3) is 0.300. The molecule has 7 heteroatoms. The maximum Gasteiger partial charge on any atom is 0.241 e. The Hall–Kier alpha value is -2.08. The number of rotatable bonds is 6. The number of benzene rings is 2. The first-order chi connectivity index (χ1) is 12.7. The molecular weight excluding hydrogens is 385 g/mol. The number of amides is 2. The number of nitrogens with one attached hydrogen (secondary N) is 2. The van der Waals surface area contributed by atoms with E-state index in [1.807, 2.05) is 32.0 Å². The Bertz CT molecular complexity index is 855. The molecule has 144 valence electrons. The Labute approximate surface area is 169 Å². The lowest BCUT2D eigenvalue weighted by Crippen LogP contribution is -2.43. The fourth-order valence-electron chi connectivity index (χ4n) is 2.47. The van der Waals surface area contributed by atoms with Crippen LogP contribution in [-0.2, 0) is 9.59 Å². The lowest BCUT2D eigenvalue weighted by Gasteiger charge is -2.23. The van der Waals surface area contributed by atoms with Gasteiger partial charge in [-0.1, -0.05) is 35.3 Å². The third kappa shape index (κ3) is 5.70. The molecule has 1 atom stereocenters. The quantitative estimate of drug-likeness (QED) is 0.740. The highest BCUT2D eigenvalue weighted by Crippen LogP contribution is 2.25. The highest BCUT2D eigenvalue weighted by atomic mass is 35.5. The molecular formula is C20H23Cl2N3O2. The molecule has 0 saturated carbocycles. The highest BCUT2D eigenvalue weighted by Gasteiger charge is 2.21. The molecule has 0 spiro atoms. The number of nitrogens with zero attached hydrogens (tertiary/aromatic N) is 1. The van der Waals surface area contributed by atoms with Gasteiger partial charge in [0.05, 0.1) is 23.3 Å². The van der Waals surface area contributed by atoms with Crippen LogP contribution in [-0.4, -0.2) is 36.3 Å². The first-order valence-corrected chi connectivity index (χ1v) is 9.27. The summed E-state index contributed by atoms with van der Waals surface area (Å²) in [7, 11) is 1.72. The second-order valence-electron chi connectivity index (χ2n) is 6.50. The number of carbonyl (C=O) groups is 2. The maximum atomic E-state index is 12.5. The summed E-state index contributed by atoms with van der Waals surface area (Å²) in [6.07, 6.45) is 0. The maximum absolute atomic E-state index is 12.5. The zero-order valence-electron chi connectivity index (χ0n) is 15.8. The summed E-state index contributed by atoms with van der Waals surface area (Å²) in [5, 5.41) is 6.50. The molecule has 2 amide bonds. The van der Waals surface area contributed by atoms with Crippen LogP contribution < -0.4 is 10.6 Å². The number of hydrogen-bond donors (Lipinski definition) is 2. The van der Waals surface area contributed by atoms with Gasteiger partial charge in [0.2, 0.25) is 11.8 Å². The molecule has 0 radical (unpaired) electrons. The predicted octanol–water partition coefficient (Wildman–Crippen LogP) is 4.51. The van der Waals surface area contributed by atoms with E-state index in [1.54, 1.807) is 37.1 Å². The van der Waals surface area contributed by atoms with Crippen LogP contribution in [0.1, 0.15) is 18.1 Å². The molecule has 0 saturated heterocycles. The summed E-state index contributed by atoms with van der Waals surface area (Å²) in [5.74, 6) is -0.448. The molecule has 0 aliphatic carbocycles. The molecule has 0 heterocycles. The van der Waals surface area contributed by atoms with Crippen LogP contribution in [0.15, 0.2) is 36.4 Å². The van der Waals surface area contributed by atoms with E-state index in [0.717, 1.165) is 16.8 Å². The molecule has 2 aromatic carbocycles. The summed E-state index contributed by atoms with van der Waals surface area (Å²) in [6, 6.07) is 10.1. The summed E-state index contributed by atoms with van der Waals surface area (Å²) in [4.78, 5) is 26.5. The number of likely N-dealkylation sites (N-methyl/N-ethyl adjacent to an activating group) is 1. The van der Waals surface area contributed by atoms with E-state index in [1.165, 1.54) is 0 Å². The topological polar surface area (TPSA) is 61.4 Å². The third-order valence-corrected chi connectivity index (χ3v) is 5.05. The van der Waals surface area contributed by atoms with Crippen molar-refractivity contribution in [3.63, 3.8) is 0 Å². The van der Waals surface area contributed by atoms with E-state index in [2.05, 4.69) is 10.6 Å². The number of aryl methyl sites for hydroxylation is 1. The van der Waals surface area contributed by atoms with Crippen molar-refractivity contribution in [1.82, 2.24) is 4.90 Å². The van der Waals surface area contributed by atoms with Crippen molar-refractivity contribution in [3.8, 4) is 0 Å². The Balaban J connectivity index is 1.95. The van der Waals surface area contributed by atoms with Gasteiger partial charge < -0.3 is 10.6 Å². The molecule has 5 nitrogen and oxygen atoms in total. The van der Waals surface area contributed by atoms with Gasteiger partial charge in [0, 0.05) is 10.7 Å². The fourth-order valence-corrected chi connectivity index (χ4v) is 2.92. The first kappa shape index (κ1) is 21.2. The molecule has 0 fully saturated rings. The van der Waals surface area contributed by atoms with Crippen molar-refractivity contribution >= 4 is 46.4 Å². The van der Waals surface area contributed by atoms with Gasteiger partial charge in [0.25, 0.3) is 0 Å². The van der Waals surface area contributed by atoms with Crippen molar-refractivity contribution < 1.29 is 9.59 Å². The van der Waals surface area contributed by atoms with Gasteiger partial charge in [0.15, 0.2) is 0 Å². The predicted molar refractivity (Wildman–Crippen MR) is 112 cm³/mol. The molecule has 1 unspecified atom stereocenters. The van der Waals surface area contributed by atoms with Crippen LogP contribution >= 0.6 is 23.2 Å². The van der Waals surface area contributed by atoms with E-state index in [0.29, 0.717) is 15.7 Å². The summed E-state index contributed by atoms with van der Waals surface area (Å²) < 4.78 is 0. The zero-order chi connectivity index (χ0) is 20.1. The standard InChI is InChI=1S/C20H23Cl2N3O2/c1-12-6-5-7-17(13(12)2)23-19(26)11-25(4)14(3)20(27)24-18-9-8-15(21)10-16(18)22/h5-10,14H,11H2,1-4H3,(H,23,26)(H,24,27). The molecule has 2 aromatic rings. The molecule has 0 aliphatic rings. The minimum atomic E-state index is -0.527. The van der Waals surface area contributed by atoms with Gasteiger partial charge in [-0.15, -0.1) is 0 Å². The number of halogens is 2. The number of anilines is 2. The van der Waals surface area contributed by atoms with E-state index in [-0.39, 0.29) is 18.4 Å². The van der Waals surface area contributed by atoms with Crippen molar-refractivity contribution in [1.29, 1.82) is 0 Å². The zero-order valence-corrected chi connectivity index (χ0v) is 17.3. The third-order valence-electron chi connectivity index (χ3n) is 4.50. The van der Waals surface area contributed by atoms with Crippen LogP contribution in [0.2, 0.25) is 10.0 Å². The Morgan fingerprint density at radius 3 is 2.44 bits per heavy atom. The summed E-state index contributed by atoms with van der Waals surface area (Å²) in [5.41, 5.74) is 3.38. The Kier molecular flexibility index (Phi) is 7.25. The lowest BCUT2D eigenvalue weighted by atomic mass is 10.1. The minimum absolute atomic E-state index is 0.0797. The van der Waals surface area contributed by atoms with Crippen molar-refractivity contribution in [2.75, 3.05) is 24.2 Å².